The van der Waals surface area contributed by atoms with Crippen LogP contribution < -0.4 is 5.32 Å². The van der Waals surface area contributed by atoms with Crippen molar-refractivity contribution in [2.45, 2.75) is 38.6 Å². The number of nitrogens with zero attached hydrogens (tertiary/aromatic N) is 1. The number of esters is 1. The minimum Gasteiger partial charge on any atom is -0.468 e. The third-order valence-electron chi connectivity index (χ3n) is 3.68. The first-order valence-corrected chi connectivity index (χ1v) is 6.25. The number of carbonyl (C=O) groups excluding carboxylic acids is 1. The molecule has 1 fully saturated rings. The van der Waals surface area contributed by atoms with Crippen molar-refractivity contribution in [3.05, 3.63) is 0 Å². The van der Waals surface area contributed by atoms with Crippen molar-refractivity contribution < 1.29 is 9.53 Å². The highest BCUT2D eigenvalue weighted by Gasteiger charge is 2.41. The molecule has 0 atom stereocenters. The molecule has 0 aromatic heterocycles. The molecule has 4 nitrogen and oxygen atoms in total. The molecule has 0 saturated carbocycles. The molecule has 16 heavy (non-hydrogen) atoms. The van der Waals surface area contributed by atoms with Gasteiger partial charge in [-0.25, -0.2) is 0 Å². The van der Waals surface area contributed by atoms with Crippen molar-refractivity contribution >= 4 is 5.97 Å². The van der Waals surface area contributed by atoms with Crippen LogP contribution in [-0.2, 0) is 9.53 Å². The Labute approximate surface area is 98.3 Å². The maximum absolute atomic E-state index is 12.0. The first-order valence-electron chi connectivity index (χ1n) is 6.25. The molecule has 1 heterocycles. The summed E-state index contributed by atoms with van der Waals surface area (Å²) in [7, 11) is 1.48. The number of rotatable bonds is 4. The van der Waals surface area contributed by atoms with Gasteiger partial charge in [0.2, 0.25) is 0 Å². The second kappa shape index (κ2) is 6.21. The fourth-order valence-corrected chi connectivity index (χ4v) is 2.58. The summed E-state index contributed by atoms with van der Waals surface area (Å²) in [6.07, 6.45) is 2.73. The first kappa shape index (κ1) is 13.5. The largest absolute Gasteiger partial charge is 0.468 e. The highest BCUT2D eigenvalue weighted by atomic mass is 16.5. The maximum atomic E-state index is 12.0. The molecule has 1 rings (SSSR count). The molecular weight excluding hydrogens is 204 g/mol. The number of hydrogen-bond donors (Lipinski definition) is 1. The monoisotopic (exact) mass is 228 g/mol. The minimum atomic E-state index is -0.416. The summed E-state index contributed by atoms with van der Waals surface area (Å²) in [5.41, 5.74) is -0.416. The van der Waals surface area contributed by atoms with E-state index in [0.717, 1.165) is 45.4 Å². The van der Waals surface area contributed by atoms with E-state index < -0.39 is 5.54 Å². The molecule has 0 unspecified atom stereocenters. The molecule has 1 aliphatic heterocycles. The topological polar surface area (TPSA) is 41.6 Å². The van der Waals surface area contributed by atoms with Crippen LogP contribution in [0.4, 0.5) is 0 Å². The Morgan fingerprint density at radius 2 is 2.00 bits per heavy atom. The summed E-state index contributed by atoms with van der Waals surface area (Å²) in [6.45, 7) is 8.04. The lowest BCUT2D eigenvalue weighted by atomic mass is 9.90. The predicted molar refractivity (Wildman–Crippen MR) is 64.4 cm³/mol. The lowest BCUT2D eigenvalue weighted by Crippen LogP contribution is -2.55. The number of methoxy groups -OCH3 is 1. The van der Waals surface area contributed by atoms with E-state index in [4.69, 9.17) is 4.74 Å². The van der Waals surface area contributed by atoms with Gasteiger partial charge in [0.25, 0.3) is 0 Å². The Morgan fingerprint density at radius 3 is 2.56 bits per heavy atom. The van der Waals surface area contributed by atoms with Crippen LogP contribution in [0.3, 0.4) is 0 Å². The Morgan fingerprint density at radius 1 is 1.31 bits per heavy atom. The minimum absolute atomic E-state index is 0.0839. The van der Waals surface area contributed by atoms with Crippen molar-refractivity contribution in [1.29, 1.82) is 0 Å². The third kappa shape index (κ3) is 2.55. The number of carbonyl (C=O) groups is 1. The van der Waals surface area contributed by atoms with Gasteiger partial charge in [-0.1, -0.05) is 13.8 Å². The molecule has 1 saturated heterocycles. The predicted octanol–water partition coefficient (Wildman–Crippen LogP) is 1.01. The molecule has 0 aromatic rings. The van der Waals surface area contributed by atoms with Crippen LogP contribution in [-0.4, -0.2) is 49.7 Å². The van der Waals surface area contributed by atoms with Crippen LogP contribution in [0.1, 0.15) is 33.1 Å². The highest BCUT2D eigenvalue weighted by molar-refractivity contribution is 5.80. The molecule has 0 aromatic carbocycles. The van der Waals surface area contributed by atoms with Crippen molar-refractivity contribution in [1.82, 2.24) is 10.2 Å². The van der Waals surface area contributed by atoms with E-state index in [-0.39, 0.29) is 5.97 Å². The first-order chi connectivity index (χ1) is 7.71. The van der Waals surface area contributed by atoms with Gasteiger partial charge < -0.3 is 10.1 Å². The van der Waals surface area contributed by atoms with Crippen LogP contribution in [0.2, 0.25) is 0 Å². The van der Waals surface area contributed by atoms with Crippen LogP contribution in [0.25, 0.3) is 0 Å². The zero-order valence-corrected chi connectivity index (χ0v) is 10.7. The molecule has 0 bridgehead atoms. The molecule has 1 N–H and O–H groups in total. The Balaban J connectivity index is 2.84. The lowest BCUT2D eigenvalue weighted by molar-refractivity contribution is -0.156. The van der Waals surface area contributed by atoms with E-state index in [2.05, 4.69) is 24.1 Å². The van der Waals surface area contributed by atoms with Gasteiger partial charge in [-0.05, 0) is 25.8 Å². The zero-order valence-electron chi connectivity index (χ0n) is 10.7. The van der Waals surface area contributed by atoms with Gasteiger partial charge in [-0.15, -0.1) is 0 Å². The molecule has 0 aliphatic carbocycles. The number of hydrogen-bond acceptors (Lipinski definition) is 4. The summed E-state index contributed by atoms with van der Waals surface area (Å²) < 4.78 is 4.99. The highest BCUT2D eigenvalue weighted by Crippen LogP contribution is 2.26. The summed E-state index contributed by atoms with van der Waals surface area (Å²) in [5.74, 6) is -0.0839. The van der Waals surface area contributed by atoms with E-state index >= 15 is 0 Å². The average molecular weight is 228 g/mol. The van der Waals surface area contributed by atoms with Crippen LogP contribution in [0.5, 0.6) is 0 Å². The molecule has 0 spiro atoms. The summed E-state index contributed by atoms with van der Waals surface area (Å²) in [5, 5.41) is 3.36. The second-order valence-corrected chi connectivity index (χ2v) is 4.32. The fraction of sp³-hybridized carbons (Fsp3) is 0.917. The standard InChI is InChI=1S/C12H24N2O2/c1-4-12(5-2,11(15)16-3)14-9-6-7-13-8-10-14/h13H,4-10H2,1-3H3. The smallest absolute Gasteiger partial charge is 0.326 e. The van der Waals surface area contributed by atoms with Gasteiger partial charge >= 0.3 is 5.97 Å². The average Bonchev–Trinajstić information content (AvgIpc) is 2.60. The van der Waals surface area contributed by atoms with Gasteiger partial charge in [-0.2, -0.15) is 0 Å². The maximum Gasteiger partial charge on any atom is 0.326 e. The summed E-state index contributed by atoms with van der Waals surface area (Å²) in [4.78, 5) is 14.3. The quantitative estimate of drug-likeness (QED) is 0.729. The number of nitrogens with one attached hydrogen (secondary N) is 1. The van der Waals surface area contributed by atoms with E-state index in [1.807, 2.05) is 0 Å². The second-order valence-electron chi connectivity index (χ2n) is 4.32. The molecule has 0 radical (unpaired) electrons. The molecular formula is C12H24N2O2. The van der Waals surface area contributed by atoms with Gasteiger partial charge in [-0.3, -0.25) is 9.69 Å². The SMILES string of the molecule is CCC(CC)(C(=O)OC)N1CCCNCC1. The van der Waals surface area contributed by atoms with Gasteiger partial charge in [0.05, 0.1) is 7.11 Å². The van der Waals surface area contributed by atoms with E-state index in [1.165, 1.54) is 7.11 Å². The Hall–Kier alpha value is -0.610. The van der Waals surface area contributed by atoms with Crippen LogP contribution >= 0.6 is 0 Å². The molecule has 1 aliphatic rings. The Bertz CT molecular complexity index is 219. The van der Waals surface area contributed by atoms with E-state index in [1.54, 1.807) is 0 Å². The van der Waals surface area contributed by atoms with Crippen molar-refractivity contribution in [2.75, 3.05) is 33.3 Å². The summed E-state index contributed by atoms with van der Waals surface area (Å²) >= 11 is 0. The van der Waals surface area contributed by atoms with Crippen LogP contribution in [0.15, 0.2) is 0 Å². The summed E-state index contributed by atoms with van der Waals surface area (Å²) in [6, 6.07) is 0. The molecule has 94 valence electrons. The van der Waals surface area contributed by atoms with Crippen LogP contribution in [0, 0.1) is 0 Å². The Kier molecular flexibility index (Phi) is 5.22. The zero-order chi connectivity index (χ0) is 12.0. The number of ether oxygens (including phenoxy) is 1. The fourth-order valence-electron chi connectivity index (χ4n) is 2.58. The van der Waals surface area contributed by atoms with Crippen molar-refractivity contribution in [2.24, 2.45) is 0 Å². The third-order valence-corrected chi connectivity index (χ3v) is 3.68. The lowest BCUT2D eigenvalue weighted by Gasteiger charge is -2.39. The van der Waals surface area contributed by atoms with E-state index in [9.17, 15) is 4.79 Å². The van der Waals surface area contributed by atoms with Crippen molar-refractivity contribution in [3.8, 4) is 0 Å². The normalized spacial score (nSPS) is 19.2. The van der Waals surface area contributed by atoms with Gasteiger partial charge in [0.15, 0.2) is 0 Å². The van der Waals surface area contributed by atoms with Gasteiger partial charge in [0.1, 0.15) is 5.54 Å². The van der Waals surface area contributed by atoms with Crippen molar-refractivity contribution in [3.63, 3.8) is 0 Å². The van der Waals surface area contributed by atoms with E-state index in [0.29, 0.717) is 0 Å². The molecule has 4 heteroatoms. The van der Waals surface area contributed by atoms with Gasteiger partial charge in [0, 0.05) is 19.6 Å². The molecule has 0 amide bonds.